The first-order chi connectivity index (χ1) is 17.8. The third-order valence-corrected chi connectivity index (χ3v) is 8.06. The van der Waals surface area contributed by atoms with Crippen molar-refractivity contribution in [2.24, 2.45) is 0 Å². The predicted octanol–water partition coefficient (Wildman–Crippen LogP) is 7.90. The molecular weight excluding hydrogens is 440 g/mol. The fraction of sp³-hybridized carbons (Fsp3) is 0.152. The summed E-state index contributed by atoms with van der Waals surface area (Å²) in [6.07, 6.45) is 0.993. The van der Waals surface area contributed by atoms with Crippen LogP contribution in [0.4, 0.5) is 0 Å². The van der Waals surface area contributed by atoms with Gasteiger partial charge < -0.3 is 14.7 Å². The Labute approximate surface area is 210 Å². The van der Waals surface area contributed by atoms with E-state index in [9.17, 15) is 0 Å². The quantitative estimate of drug-likeness (QED) is 0.271. The number of hydrogen-bond donors (Lipinski definition) is 2. The summed E-state index contributed by atoms with van der Waals surface area (Å²) in [6.45, 7) is 2.30. The summed E-state index contributed by atoms with van der Waals surface area (Å²) in [5.41, 5.74) is 9.46. The van der Waals surface area contributed by atoms with Crippen LogP contribution in [0.2, 0.25) is 0 Å². The largest absolute Gasteiger partial charge is 0.496 e. The Morgan fingerprint density at radius 3 is 1.92 bits per heavy atom. The molecule has 0 bridgehead atoms. The number of para-hydroxylation sites is 1. The molecule has 3 nitrogen and oxygen atoms in total. The standard InChI is InChI=1S/C33H28N2O/c1-3-23-28-24-17-10-11-18-25(24)34-31(28)33(21-13-6-4-7-14-21,22-15-8-5-9-16-22)32-29(23)30-26(35-32)19-12-20-27(30)36-2/h4-20,23,34-35H,3H2,1-2H3/t23-/m1/s1. The molecular formula is C33H28N2O. The molecule has 36 heavy (non-hydrogen) atoms. The molecule has 0 radical (unpaired) electrons. The highest BCUT2D eigenvalue weighted by Crippen LogP contribution is 2.58. The number of hydrogen-bond acceptors (Lipinski definition) is 1. The van der Waals surface area contributed by atoms with Crippen molar-refractivity contribution < 1.29 is 4.74 Å². The van der Waals surface area contributed by atoms with Crippen LogP contribution in [0, 0.1) is 0 Å². The second-order valence-corrected chi connectivity index (χ2v) is 9.70. The van der Waals surface area contributed by atoms with Gasteiger partial charge in [0, 0.05) is 39.1 Å². The molecule has 2 heterocycles. The summed E-state index contributed by atoms with van der Waals surface area (Å²) in [5.74, 6) is 1.15. The molecule has 0 saturated carbocycles. The molecule has 1 aliphatic rings. The molecule has 0 spiro atoms. The number of nitrogens with one attached hydrogen (secondary N) is 2. The number of aromatic amines is 2. The average Bonchev–Trinajstić information content (AvgIpc) is 3.52. The maximum Gasteiger partial charge on any atom is 0.128 e. The van der Waals surface area contributed by atoms with Crippen LogP contribution in [-0.4, -0.2) is 17.1 Å². The van der Waals surface area contributed by atoms with Gasteiger partial charge >= 0.3 is 0 Å². The van der Waals surface area contributed by atoms with E-state index in [2.05, 4.69) is 120 Å². The Morgan fingerprint density at radius 1 is 0.667 bits per heavy atom. The Balaban J connectivity index is 1.75. The van der Waals surface area contributed by atoms with Gasteiger partial charge in [0.25, 0.3) is 0 Å². The minimum Gasteiger partial charge on any atom is -0.496 e. The SMILES string of the molecule is CC[C@@H]1c2c([nH]c3ccccc23)C(c2ccccc2)(c2ccccc2)c2[nH]c3cccc(OC)c3c21. The number of benzene rings is 4. The Hall–Kier alpha value is -4.24. The van der Waals surface area contributed by atoms with Crippen LogP contribution in [0.25, 0.3) is 21.8 Å². The van der Waals surface area contributed by atoms with E-state index in [0.29, 0.717) is 0 Å². The van der Waals surface area contributed by atoms with Crippen LogP contribution in [0.15, 0.2) is 103 Å². The number of aromatic nitrogens is 2. The topological polar surface area (TPSA) is 40.8 Å². The Morgan fingerprint density at radius 2 is 1.25 bits per heavy atom. The van der Waals surface area contributed by atoms with Crippen LogP contribution in [0.1, 0.15) is 52.9 Å². The molecule has 0 amide bonds. The van der Waals surface area contributed by atoms with Gasteiger partial charge in [-0.15, -0.1) is 0 Å². The number of fused-ring (bicyclic) bond motifs is 6. The van der Waals surface area contributed by atoms with Crippen molar-refractivity contribution in [2.75, 3.05) is 7.11 Å². The van der Waals surface area contributed by atoms with Gasteiger partial charge in [0.2, 0.25) is 0 Å². The van der Waals surface area contributed by atoms with Gasteiger partial charge in [0.05, 0.1) is 7.11 Å². The lowest BCUT2D eigenvalue weighted by molar-refractivity contribution is 0.419. The van der Waals surface area contributed by atoms with E-state index >= 15 is 0 Å². The fourth-order valence-corrected chi connectivity index (χ4v) is 6.67. The van der Waals surface area contributed by atoms with Crippen LogP contribution in [-0.2, 0) is 5.41 Å². The predicted molar refractivity (Wildman–Crippen MR) is 147 cm³/mol. The fourth-order valence-electron chi connectivity index (χ4n) is 6.67. The molecule has 3 heteroatoms. The monoisotopic (exact) mass is 468 g/mol. The van der Waals surface area contributed by atoms with E-state index in [0.717, 1.165) is 17.7 Å². The molecule has 176 valence electrons. The van der Waals surface area contributed by atoms with Crippen molar-refractivity contribution in [1.29, 1.82) is 0 Å². The van der Waals surface area contributed by atoms with Crippen molar-refractivity contribution in [2.45, 2.75) is 24.7 Å². The first-order valence-corrected chi connectivity index (χ1v) is 12.7. The lowest BCUT2D eigenvalue weighted by Crippen LogP contribution is -2.37. The second kappa shape index (κ2) is 7.89. The first kappa shape index (κ1) is 21.1. The first-order valence-electron chi connectivity index (χ1n) is 12.7. The summed E-state index contributed by atoms with van der Waals surface area (Å²) in [6, 6.07) is 36.9. The molecule has 2 N–H and O–H groups in total. The van der Waals surface area contributed by atoms with Crippen molar-refractivity contribution in [3.8, 4) is 5.75 Å². The zero-order chi connectivity index (χ0) is 24.3. The number of H-pyrrole nitrogens is 2. The highest BCUT2D eigenvalue weighted by atomic mass is 16.5. The zero-order valence-electron chi connectivity index (χ0n) is 20.5. The summed E-state index contributed by atoms with van der Waals surface area (Å²) in [4.78, 5) is 7.86. The molecule has 0 unspecified atom stereocenters. The van der Waals surface area contributed by atoms with Gasteiger partial charge in [-0.2, -0.15) is 0 Å². The van der Waals surface area contributed by atoms with Gasteiger partial charge in [0.1, 0.15) is 11.2 Å². The maximum atomic E-state index is 5.95. The van der Waals surface area contributed by atoms with E-state index in [4.69, 9.17) is 4.74 Å². The van der Waals surface area contributed by atoms with Crippen LogP contribution < -0.4 is 4.74 Å². The van der Waals surface area contributed by atoms with E-state index in [1.807, 2.05) is 0 Å². The molecule has 0 saturated heterocycles. The summed E-state index contributed by atoms with van der Waals surface area (Å²) < 4.78 is 5.95. The lowest BCUT2D eigenvalue weighted by Gasteiger charge is -2.41. The molecule has 0 fully saturated rings. The third-order valence-electron chi connectivity index (χ3n) is 8.06. The van der Waals surface area contributed by atoms with E-state index < -0.39 is 5.41 Å². The van der Waals surface area contributed by atoms with Crippen LogP contribution in [0.5, 0.6) is 5.75 Å². The van der Waals surface area contributed by atoms with Crippen molar-refractivity contribution in [1.82, 2.24) is 9.97 Å². The highest BCUT2D eigenvalue weighted by Gasteiger charge is 2.50. The average molecular weight is 469 g/mol. The van der Waals surface area contributed by atoms with Crippen LogP contribution in [0.3, 0.4) is 0 Å². The summed E-state index contributed by atoms with van der Waals surface area (Å²) in [5, 5.41) is 2.49. The molecule has 6 aromatic rings. The summed E-state index contributed by atoms with van der Waals surface area (Å²) >= 11 is 0. The lowest BCUT2D eigenvalue weighted by atomic mass is 9.61. The summed E-state index contributed by atoms with van der Waals surface area (Å²) in [7, 11) is 1.77. The van der Waals surface area contributed by atoms with Gasteiger partial charge in [-0.1, -0.05) is 91.9 Å². The van der Waals surface area contributed by atoms with E-state index in [1.54, 1.807) is 7.11 Å². The zero-order valence-corrected chi connectivity index (χ0v) is 20.5. The smallest absolute Gasteiger partial charge is 0.128 e. The highest BCUT2D eigenvalue weighted by molar-refractivity contribution is 5.97. The van der Waals surface area contributed by atoms with Gasteiger partial charge in [-0.3, -0.25) is 0 Å². The van der Waals surface area contributed by atoms with Gasteiger partial charge in [0.15, 0.2) is 0 Å². The third kappa shape index (κ3) is 2.63. The Bertz CT molecular complexity index is 1670. The van der Waals surface area contributed by atoms with Gasteiger partial charge in [-0.25, -0.2) is 0 Å². The molecule has 1 atom stereocenters. The minimum atomic E-state index is -0.526. The molecule has 0 aliphatic heterocycles. The van der Waals surface area contributed by atoms with Crippen molar-refractivity contribution in [3.05, 3.63) is 137 Å². The normalized spacial score (nSPS) is 16.1. The van der Waals surface area contributed by atoms with E-state index in [1.165, 1.54) is 49.9 Å². The number of methoxy groups -OCH3 is 1. The van der Waals surface area contributed by atoms with Crippen LogP contribution >= 0.6 is 0 Å². The molecule has 4 aromatic carbocycles. The minimum absolute atomic E-state index is 0.233. The second-order valence-electron chi connectivity index (χ2n) is 9.70. The van der Waals surface area contributed by atoms with Crippen molar-refractivity contribution >= 4 is 21.8 Å². The number of rotatable bonds is 4. The maximum absolute atomic E-state index is 5.95. The molecule has 7 rings (SSSR count). The van der Waals surface area contributed by atoms with Gasteiger partial charge in [-0.05, 0) is 46.9 Å². The van der Waals surface area contributed by atoms with Crippen molar-refractivity contribution in [3.63, 3.8) is 0 Å². The Kier molecular flexibility index (Phi) is 4.62. The molecule has 2 aromatic heterocycles. The number of ether oxygens (including phenoxy) is 1. The van der Waals surface area contributed by atoms with E-state index in [-0.39, 0.29) is 5.92 Å². The molecule has 1 aliphatic carbocycles.